The van der Waals surface area contributed by atoms with Crippen LogP contribution in [-0.2, 0) is 14.8 Å². The summed E-state index contributed by atoms with van der Waals surface area (Å²) >= 11 is 6.94. The van der Waals surface area contributed by atoms with Crippen LogP contribution in [0.2, 0.25) is 4.34 Å². The van der Waals surface area contributed by atoms with Gasteiger partial charge < -0.3 is 9.80 Å². The van der Waals surface area contributed by atoms with Crippen LogP contribution in [0.3, 0.4) is 0 Å². The zero-order chi connectivity index (χ0) is 17.3. The number of carbonyl (C=O) groups is 1. The van der Waals surface area contributed by atoms with Crippen LogP contribution in [-0.4, -0.2) is 68.8 Å². The summed E-state index contributed by atoms with van der Waals surface area (Å²) in [6.45, 7) is 5.85. The molecule has 24 heavy (non-hydrogen) atoms. The highest BCUT2D eigenvalue weighted by molar-refractivity contribution is 7.91. The van der Waals surface area contributed by atoms with Crippen LogP contribution in [0.4, 0.5) is 0 Å². The molecule has 1 aromatic heterocycles. The first-order chi connectivity index (χ1) is 11.4. The summed E-state index contributed by atoms with van der Waals surface area (Å²) in [7, 11) is -3.47. The Hall–Kier alpha value is -0.670. The summed E-state index contributed by atoms with van der Waals surface area (Å²) in [5.74, 6) is 0.198. The van der Waals surface area contributed by atoms with E-state index in [1.807, 2.05) is 11.8 Å². The van der Waals surface area contributed by atoms with Gasteiger partial charge >= 0.3 is 0 Å². The first kappa shape index (κ1) is 18.1. The van der Waals surface area contributed by atoms with Crippen molar-refractivity contribution in [1.82, 2.24) is 9.21 Å². The summed E-state index contributed by atoms with van der Waals surface area (Å²) in [6, 6.07) is 3.06. The molecule has 1 N–H and O–H groups in total. The summed E-state index contributed by atoms with van der Waals surface area (Å²) in [5.41, 5.74) is 0. The van der Waals surface area contributed by atoms with Gasteiger partial charge in [0.1, 0.15) is 4.21 Å². The second kappa shape index (κ2) is 7.29. The number of carbonyl (C=O) groups excluding carboxylic acids is 1. The highest BCUT2D eigenvalue weighted by atomic mass is 35.5. The lowest BCUT2D eigenvalue weighted by atomic mass is 10.2. The highest BCUT2D eigenvalue weighted by Crippen LogP contribution is 2.28. The first-order valence-electron chi connectivity index (χ1n) is 8.28. The fraction of sp³-hybridized carbons (Fsp3) is 0.667. The number of nitrogens with one attached hydrogen (secondary N) is 1. The van der Waals surface area contributed by atoms with E-state index in [9.17, 15) is 13.2 Å². The Kier molecular flexibility index (Phi) is 5.51. The monoisotopic (exact) mass is 392 g/mol. The van der Waals surface area contributed by atoms with Crippen LogP contribution in [0.5, 0.6) is 0 Å². The van der Waals surface area contributed by atoms with Crippen molar-refractivity contribution in [3.8, 4) is 0 Å². The van der Waals surface area contributed by atoms with Gasteiger partial charge in [0.25, 0.3) is 15.9 Å². The maximum Gasteiger partial charge on any atom is 0.280 e. The maximum absolute atomic E-state index is 12.6. The summed E-state index contributed by atoms with van der Waals surface area (Å²) in [4.78, 5) is 15.6. The Labute approximate surface area is 152 Å². The lowest BCUT2D eigenvalue weighted by Gasteiger charge is -2.35. The molecule has 6 nitrogen and oxygen atoms in total. The minimum Gasteiger partial charge on any atom is -0.338 e. The molecule has 0 radical (unpaired) electrons. The van der Waals surface area contributed by atoms with E-state index in [1.165, 1.54) is 9.21 Å². The van der Waals surface area contributed by atoms with E-state index < -0.39 is 10.0 Å². The minimum absolute atomic E-state index is 0.107. The van der Waals surface area contributed by atoms with Crippen molar-refractivity contribution in [2.45, 2.75) is 30.0 Å². The number of thiophene rings is 1. The van der Waals surface area contributed by atoms with Crippen molar-refractivity contribution in [2.75, 3.05) is 39.3 Å². The molecule has 1 aromatic rings. The van der Waals surface area contributed by atoms with Crippen LogP contribution >= 0.6 is 22.9 Å². The van der Waals surface area contributed by atoms with E-state index in [2.05, 4.69) is 0 Å². The molecule has 0 bridgehead atoms. The maximum atomic E-state index is 12.6. The van der Waals surface area contributed by atoms with Crippen LogP contribution in [0.15, 0.2) is 16.3 Å². The van der Waals surface area contributed by atoms with Crippen LogP contribution in [0.25, 0.3) is 0 Å². The normalized spacial score (nSPS) is 22.0. The molecule has 0 aromatic carbocycles. The number of amides is 1. The van der Waals surface area contributed by atoms with Crippen molar-refractivity contribution in [3.05, 3.63) is 16.5 Å². The molecule has 3 heterocycles. The number of likely N-dealkylation sites (tertiary alicyclic amines) is 1. The number of halogens is 1. The van der Waals surface area contributed by atoms with E-state index in [4.69, 9.17) is 11.6 Å². The van der Waals surface area contributed by atoms with E-state index in [0.29, 0.717) is 30.5 Å². The summed E-state index contributed by atoms with van der Waals surface area (Å²) in [5, 5.41) is 0. The molecule has 2 aliphatic rings. The Morgan fingerprint density at radius 1 is 1.21 bits per heavy atom. The van der Waals surface area contributed by atoms with Gasteiger partial charge in [-0.2, -0.15) is 4.31 Å². The van der Waals surface area contributed by atoms with E-state index in [-0.39, 0.29) is 16.2 Å². The molecular formula is C15H23ClN3O3S2+. The molecule has 0 spiro atoms. The lowest BCUT2D eigenvalue weighted by Crippen LogP contribution is -3.19. The van der Waals surface area contributed by atoms with Crippen molar-refractivity contribution < 1.29 is 18.1 Å². The van der Waals surface area contributed by atoms with E-state index in [0.717, 1.165) is 37.3 Å². The Balaban J connectivity index is 1.60. The first-order valence-corrected chi connectivity index (χ1v) is 10.9. The minimum atomic E-state index is -3.47. The van der Waals surface area contributed by atoms with Crippen LogP contribution in [0.1, 0.15) is 19.8 Å². The zero-order valence-corrected chi connectivity index (χ0v) is 16.1. The van der Waals surface area contributed by atoms with Gasteiger partial charge in [-0.05, 0) is 31.9 Å². The molecule has 3 rings (SSSR count). The van der Waals surface area contributed by atoms with Gasteiger partial charge in [0.05, 0.1) is 30.5 Å². The molecule has 0 unspecified atom stereocenters. The molecule has 2 saturated heterocycles. The predicted molar refractivity (Wildman–Crippen MR) is 94.1 cm³/mol. The Bertz CT molecular complexity index is 693. The summed E-state index contributed by atoms with van der Waals surface area (Å²) in [6.07, 6.45) is 2.17. The van der Waals surface area contributed by atoms with Gasteiger partial charge in [0, 0.05) is 13.1 Å². The molecule has 2 aliphatic heterocycles. The number of sulfonamides is 1. The number of hydrogen-bond donors (Lipinski definition) is 1. The topological polar surface area (TPSA) is 62.1 Å². The fourth-order valence-corrected chi connectivity index (χ4v) is 6.47. The van der Waals surface area contributed by atoms with Crippen molar-refractivity contribution >= 4 is 38.9 Å². The van der Waals surface area contributed by atoms with Crippen molar-refractivity contribution in [1.29, 1.82) is 0 Å². The number of quaternary nitrogens is 1. The van der Waals surface area contributed by atoms with Gasteiger partial charge in [-0.25, -0.2) is 8.42 Å². The number of rotatable bonds is 4. The SMILES string of the molecule is C[C@H](C(=O)N1CCCC1)[NH+]1CCN(S(=O)(=O)c2ccc(Cl)s2)CC1. The Morgan fingerprint density at radius 2 is 1.83 bits per heavy atom. The number of hydrogen-bond acceptors (Lipinski definition) is 4. The average molecular weight is 393 g/mol. The van der Waals surface area contributed by atoms with E-state index in [1.54, 1.807) is 12.1 Å². The third-order valence-electron chi connectivity index (χ3n) is 4.91. The third kappa shape index (κ3) is 3.62. The van der Waals surface area contributed by atoms with Gasteiger partial charge in [-0.15, -0.1) is 11.3 Å². The third-order valence-corrected chi connectivity index (χ3v) is 8.51. The smallest absolute Gasteiger partial charge is 0.280 e. The van der Waals surface area contributed by atoms with Gasteiger partial charge in [0.2, 0.25) is 0 Å². The van der Waals surface area contributed by atoms with Gasteiger partial charge in [0.15, 0.2) is 6.04 Å². The van der Waals surface area contributed by atoms with E-state index >= 15 is 0 Å². The Morgan fingerprint density at radius 3 is 2.38 bits per heavy atom. The number of nitrogens with zero attached hydrogens (tertiary/aromatic N) is 2. The molecule has 134 valence electrons. The molecule has 0 aliphatic carbocycles. The zero-order valence-electron chi connectivity index (χ0n) is 13.7. The van der Waals surface area contributed by atoms with Gasteiger partial charge in [-0.3, -0.25) is 4.79 Å². The van der Waals surface area contributed by atoms with Crippen molar-refractivity contribution in [2.24, 2.45) is 0 Å². The molecule has 1 atom stereocenters. The fourth-order valence-electron chi connectivity index (χ4n) is 3.40. The van der Waals surface area contributed by atoms with Crippen LogP contribution in [0, 0.1) is 0 Å². The summed E-state index contributed by atoms with van der Waals surface area (Å²) < 4.78 is 27.5. The molecular weight excluding hydrogens is 370 g/mol. The standard InChI is InChI=1S/C15H22ClN3O3S2/c1-12(15(20)18-6-2-3-7-18)17-8-10-19(11-9-17)24(21,22)14-5-4-13(16)23-14/h4-5,12H,2-3,6-11H2,1H3/p+1/t12-/m1/s1. The second-order valence-corrected chi connectivity index (χ2v) is 10.3. The van der Waals surface area contributed by atoms with Crippen LogP contribution < -0.4 is 4.90 Å². The molecule has 2 fully saturated rings. The van der Waals surface area contributed by atoms with Crippen molar-refractivity contribution in [3.63, 3.8) is 0 Å². The van der Waals surface area contributed by atoms with Gasteiger partial charge in [-0.1, -0.05) is 11.6 Å². The molecule has 0 saturated carbocycles. The number of piperazine rings is 1. The molecule has 1 amide bonds. The molecule has 9 heteroatoms. The lowest BCUT2D eigenvalue weighted by molar-refractivity contribution is -0.918. The highest BCUT2D eigenvalue weighted by Gasteiger charge is 2.36. The quantitative estimate of drug-likeness (QED) is 0.801. The second-order valence-electron chi connectivity index (χ2n) is 6.37. The predicted octanol–water partition coefficient (Wildman–Crippen LogP) is 0.302. The largest absolute Gasteiger partial charge is 0.338 e. The average Bonchev–Trinajstić information content (AvgIpc) is 3.25.